The summed E-state index contributed by atoms with van der Waals surface area (Å²) in [6.45, 7) is -0.391. The van der Waals surface area contributed by atoms with E-state index in [-0.39, 0.29) is 0 Å². The molecule has 44 valence electrons. The predicted octanol–water partition coefficient (Wildman–Crippen LogP) is 0.143. The van der Waals surface area contributed by atoms with Gasteiger partial charge in [-0.05, 0) is 0 Å². The van der Waals surface area contributed by atoms with E-state index < -0.39 is 17.5 Å². The fraction of sp³-hybridized carbons (Fsp3) is 1.00. The standard InChI is InChI=1S/C3H6Cl2O2/c4-3(5)2(7)1-6/h2-3,6-7H,1H2. The molecule has 0 fully saturated rings. The quantitative estimate of drug-likeness (QED) is 0.542. The highest BCUT2D eigenvalue weighted by Gasteiger charge is 2.09. The number of aliphatic hydroxyl groups excluding tert-OH is 2. The number of aliphatic hydroxyl groups is 2. The minimum atomic E-state index is -1.01. The lowest BCUT2D eigenvalue weighted by Crippen LogP contribution is -2.19. The first-order valence-corrected chi connectivity index (χ1v) is 2.63. The molecule has 0 radical (unpaired) electrons. The second-order valence-electron chi connectivity index (χ2n) is 1.08. The van der Waals surface area contributed by atoms with E-state index in [0.717, 1.165) is 0 Å². The van der Waals surface area contributed by atoms with Crippen LogP contribution in [0.25, 0.3) is 0 Å². The zero-order valence-corrected chi connectivity index (χ0v) is 5.02. The highest BCUT2D eigenvalue weighted by Crippen LogP contribution is 2.05. The minimum absolute atomic E-state index is 0.391. The first-order valence-electron chi connectivity index (χ1n) is 1.75. The minimum Gasteiger partial charge on any atom is -0.394 e. The van der Waals surface area contributed by atoms with Gasteiger partial charge in [0.05, 0.1) is 6.61 Å². The zero-order valence-electron chi connectivity index (χ0n) is 3.51. The third-order valence-electron chi connectivity index (χ3n) is 0.478. The summed E-state index contributed by atoms with van der Waals surface area (Å²) in [5, 5.41) is 16.5. The van der Waals surface area contributed by atoms with Gasteiger partial charge in [0, 0.05) is 0 Å². The van der Waals surface area contributed by atoms with E-state index >= 15 is 0 Å². The van der Waals surface area contributed by atoms with Gasteiger partial charge >= 0.3 is 0 Å². The van der Waals surface area contributed by atoms with Crippen molar-refractivity contribution in [3.63, 3.8) is 0 Å². The molecule has 2 nitrogen and oxygen atoms in total. The molecule has 7 heavy (non-hydrogen) atoms. The first kappa shape index (κ1) is 7.50. The summed E-state index contributed by atoms with van der Waals surface area (Å²) >= 11 is 10.2. The summed E-state index contributed by atoms with van der Waals surface area (Å²) in [7, 11) is 0. The van der Waals surface area contributed by atoms with Crippen molar-refractivity contribution in [2.45, 2.75) is 10.9 Å². The molecule has 0 bridgehead atoms. The number of halogens is 2. The molecule has 0 aromatic carbocycles. The van der Waals surface area contributed by atoms with Crippen molar-refractivity contribution in [3.8, 4) is 0 Å². The van der Waals surface area contributed by atoms with Crippen LogP contribution in [0.5, 0.6) is 0 Å². The molecule has 0 saturated heterocycles. The third kappa shape index (κ3) is 3.12. The van der Waals surface area contributed by atoms with Crippen LogP contribution in [0.1, 0.15) is 0 Å². The number of alkyl halides is 2. The second kappa shape index (κ2) is 3.50. The van der Waals surface area contributed by atoms with E-state index in [9.17, 15) is 0 Å². The van der Waals surface area contributed by atoms with Gasteiger partial charge < -0.3 is 10.2 Å². The fourth-order valence-corrected chi connectivity index (χ4v) is 0.239. The van der Waals surface area contributed by atoms with Gasteiger partial charge in [-0.25, -0.2) is 0 Å². The monoisotopic (exact) mass is 144 g/mol. The summed E-state index contributed by atoms with van der Waals surface area (Å²) in [6.07, 6.45) is -1.01. The van der Waals surface area contributed by atoms with E-state index in [2.05, 4.69) is 0 Å². The van der Waals surface area contributed by atoms with Crippen molar-refractivity contribution < 1.29 is 10.2 Å². The molecule has 2 N–H and O–H groups in total. The zero-order chi connectivity index (χ0) is 5.86. The highest BCUT2D eigenvalue weighted by atomic mass is 35.5. The highest BCUT2D eigenvalue weighted by molar-refractivity contribution is 6.44. The molecule has 0 aromatic rings. The van der Waals surface area contributed by atoms with Gasteiger partial charge in [-0.1, -0.05) is 0 Å². The van der Waals surface area contributed by atoms with Crippen LogP contribution in [-0.2, 0) is 0 Å². The molecule has 0 rings (SSSR count). The SMILES string of the molecule is OCC(O)C(Cl)Cl. The third-order valence-corrected chi connectivity index (χ3v) is 1.06. The summed E-state index contributed by atoms with van der Waals surface area (Å²) < 4.78 is 0. The second-order valence-corrected chi connectivity index (χ2v) is 2.25. The largest absolute Gasteiger partial charge is 0.394 e. The predicted molar refractivity (Wildman–Crippen MR) is 28.6 cm³/mol. The molecular weight excluding hydrogens is 139 g/mol. The molecule has 0 heterocycles. The van der Waals surface area contributed by atoms with Crippen molar-refractivity contribution in [1.82, 2.24) is 0 Å². The van der Waals surface area contributed by atoms with Gasteiger partial charge in [-0.2, -0.15) is 0 Å². The Kier molecular flexibility index (Phi) is 3.75. The van der Waals surface area contributed by atoms with Crippen LogP contribution in [0.2, 0.25) is 0 Å². The van der Waals surface area contributed by atoms with Crippen molar-refractivity contribution in [2.75, 3.05) is 6.61 Å². The molecule has 0 aliphatic carbocycles. The van der Waals surface area contributed by atoms with Crippen LogP contribution >= 0.6 is 23.2 Å². The molecule has 0 aliphatic heterocycles. The molecule has 1 unspecified atom stereocenters. The van der Waals surface area contributed by atoms with Gasteiger partial charge in [0.25, 0.3) is 0 Å². The normalized spacial score (nSPS) is 15.0. The molecule has 0 spiro atoms. The Hall–Kier alpha value is 0.500. The van der Waals surface area contributed by atoms with Crippen LogP contribution in [-0.4, -0.2) is 27.8 Å². The number of hydrogen-bond acceptors (Lipinski definition) is 2. The maximum absolute atomic E-state index is 8.42. The summed E-state index contributed by atoms with van der Waals surface area (Å²) in [5.74, 6) is 0. The maximum Gasteiger partial charge on any atom is 0.135 e. The van der Waals surface area contributed by atoms with E-state index in [1.165, 1.54) is 0 Å². The Bertz CT molecular complexity index is 48.2. The molecule has 1 atom stereocenters. The molecule has 4 heteroatoms. The van der Waals surface area contributed by atoms with Gasteiger partial charge in [0.15, 0.2) is 0 Å². The van der Waals surface area contributed by atoms with Crippen LogP contribution in [0, 0.1) is 0 Å². The summed E-state index contributed by atoms with van der Waals surface area (Å²) in [5.41, 5.74) is 0. The van der Waals surface area contributed by atoms with Crippen molar-refractivity contribution in [3.05, 3.63) is 0 Å². The molecule has 0 aliphatic rings. The van der Waals surface area contributed by atoms with Crippen LogP contribution in [0.15, 0.2) is 0 Å². The van der Waals surface area contributed by atoms with Crippen LogP contribution in [0.3, 0.4) is 0 Å². The topological polar surface area (TPSA) is 40.5 Å². The average Bonchev–Trinajstić information content (AvgIpc) is 1.65. The van der Waals surface area contributed by atoms with Gasteiger partial charge in [0.2, 0.25) is 0 Å². The van der Waals surface area contributed by atoms with E-state index in [1.54, 1.807) is 0 Å². The van der Waals surface area contributed by atoms with E-state index in [4.69, 9.17) is 33.4 Å². The Morgan fingerprint density at radius 1 is 1.43 bits per heavy atom. The average molecular weight is 145 g/mol. The van der Waals surface area contributed by atoms with Crippen LogP contribution in [0.4, 0.5) is 0 Å². The van der Waals surface area contributed by atoms with Gasteiger partial charge in [0.1, 0.15) is 10.9 Å². The smallest absolute Gasteiger partial charge is 0.135 e. The lowest BCUT2D eigenvalue weighted by Gasteiger charge is -2.04. The fourth-order valence-electron chi connectivity index (χ4n) is 0.0797. The van der Waals surface area contributed by atoms with E-state index in [1.807, 2.05) is 0 Å². The van der Waals surface area contributed by atoms with E-state index in [0.29, 0.717) is 0 Å². The van der Waals surface area contributed by atoms with Gasteiger partial charge in [-0.15, -0.1) is 23.2 Å². The Morgan fingerprint density at radius 3 is 1.86 bits per heavy atom. The Morgan fingerprint density at radius 2 is 1.86 bits per heavy atom. The molecule has 0 amide bonds. The molecule has 0 saturated carbocycles. The number of rotatable bonds is 2. The van der Waals surface area contributed by atoms with Crippen molar-refractivity contribution in [2.24, 2.45) is 0 Å². The molecular formula is C3H6Cl2O2. The Labute approximate surface area is 51.7 Å². The lowest BCUT2D eigenvalue weighted by atomic mass is 10.4. The maximum atomic E-state index is 8.42. The van der Waals surface area contributed by atoms with Crippen molar-refractivity contribution in [1.29, 1.82) is 0 Å². The molecule has 0 aromatic heterocycles. The Balaban J connectivity index is 3.14. The summed E-state index contributed by atoms with van der Waals surface area (Å²) in [6, 6.07) is 0. The first-order chi connectivity index (χ1) is 3.18. The van der Waals surface area contributed by atoms with Crippen molar-refractivity contribution >= 4 is 23.2 Å². The summed E-state index contributed by atoms with van der Waals surface area (Å²) in [4.78, 5) is -0.884. The lowest BCUT2D eigenvalue weighted by molar-refractivity contribution is 0.105. The van der Waals surface area contributed by atoms with Crippen LogP contribution < -0.4 is 0 Å². The number of hydrogen-bond donors (Lipinski definition) is 2. The van der Waals surface area contributed by atoms with Gasteiger partial charge in [-0.3, -0.25) is 0 Å².